The lowest BCUT2D eigenvalue weighted by Crippen LogP contribution is -2.39. The zero-order valence-electron chi connectivity index (χ0n) is 19.1. The quantitative estimate of drug-likeness (QED) is 0.458. The van der Waals surface area contributed by atoms with Crippen molar-refractivity contribution in [2.24, 2.45) is 0 Å². The van der Waals surface area contributed by atoms with Crippen LogP contribution in [0.5, 0.6) is 5.88 Å². The highest BCUT2D eigenvalue weighted by Gasteiger charge is 2.14. The number of hydrogen-bond acceptors (Lipinski definition) is 9. The summed E-state index contributed by atoms with van der Waals surface area (Å²) in [5.74, 6) is 0.857. The van der Waals surface area contributed by atoms with E-state index < -0.39 is 0 Å². The van der Waals surface area contributed by atoms with E-state index in [4.69, 9.17) is 14.2 Å². The molecule has 1 aliphatic heterocycles. The Bertz CT molecular complexity index is 1110. The summed E-state index contributed by atoms with van der Waals surface area (Å²) in [6, 6.07) is 5.54. The molecule has 0 aliphatic carbocycles. The van der Waals surface area contributed by atoms with Gasteiger partial charge in [-0.15, -0.1) is 0 Å². The molecule has 0 radical (unpaired) electrons. The van der Waals surface area contributed by atoms with E-state index in [9.17, 15) is 4.79 Å². The van der Waals surface area contributed by atoms with Crippen LogP contribution in [0, 0.1) is 0 Å². The van der Waals surface area contributed by atoms with Gasteiger partial charge in [-0.05, 0) is 19.1 Å². The van der Waals surface area contributed by atoms with Crippen molar-refractivity contribution in [1.29, 1.82) is 0 Å². The van der Waals surface area contributed by atoms with Crippen molar-refractivity contribution in [2.45, 2.75) is 13.5 Å². The van der Waals surface area contributed by atoms with Crippen molar-refractivity contribution < 1.29 is 14.2 Å². The van der Waals surface area contributed by atoms with E-state index in [0.29, 0.717) is 54.7 Å². The largest absolute Gasteiger partial charge is 0.481 e. The molecular weight excluding hydrogens is 424 g/mol. The van der Waals surface area contributed by atoms with Crippen LogP contribution in [0.3, 0.4) is 0 Å². The molecule has 1 saturated heterocycles. The molecule has 33 heavy (non-hydrogen) atoms. The Morgan fingerprint density at radius 3 is 2.73 bits per heavy atom. The van der Waals surface area contributed by atoms with Gasteiger partial charge in [0.05, 0.1) is 44.3 Å². The smallest absolute Gasteiger partial charge is 0.293 e. The number of anilines is 1. The first-order valence-electron chi connectivity index (χ1n) is 11.2. The number of pyridine rings is 2. The number of ether oxygens (including phenoxy) is 3. The maximum atomic E-state index is 13.3. The van der Waals surface area contributed by atoms with E-state index >= 15 is 0 Å². The van der Waals surface area contributed by atoms with E-state index in [-0.39, 0.29) is 5.56 Å². The summed E-state index contributed by atoms with van der Waals surface area (Å²) < 4.78 is 17.8. The fraction of sp³-hybridized carbons (Fsp3) is 0.478. The molecule has 10 heteroatoms. The minimum atomic E-state index is -0.172. The third-order valence-corrected chi connectivity index (χ3v) is 5.56. The summed E-state index contributed by atoms with van der Waals surface area (Å²) >= 11 is 0. The van der Waals surface area contributed by atoms with Crippen LogP contribution in [-0.2, 0) is 16.0 Å². The van der Waals surface area contributed by atoms with Gasteiger partial charge in [-0.3, -0.25) is 14.7 Å². The Hall–Kier alpha value is -3.08. The lowest BCUT2D eigenvalue weighted by atomic mass is 10.2. The van der Waals surface area contributed by atoms with Crippen molar-refractivity contribution in [1.82, 2.24) is 24.4 Å². The van der Waals surface area contributed by atoms with Gasteiger partial charge in [-0.2, -0.15) is 0 Å². The maximum absolute atomic E-state index is 13.3. The molecule has 0 spiro atoms. The zero-order chi connectivity index (χ0) is 23.0. The molecule has 0 aromatic carbocycles. The van der Waals surface area contributed by atoms with Gasteiger partial charge in [-0.25, -0.2) is 9.97 Å². The van der Waals surface area contributed by atoms with Crippen LogP contribution in [0.4, 0.5) is 5.82 Å². The second-order valence-electron chi connectivity index (χ2n) is 7.64. The monoisotopic (exact) mass is 454 g/mol. The number of fused-ring (bicyclic) bond motifs is 1. The van der Waals surface area contributed by atoms with Crippen LogP contribution in [-0.4, -0.2) is 84.1 Å². The molecule has 0 bridgehead atoms. The molecule has 0 unspecified atom stereocenters. The van der Waals surface area contributed by atoms with E-state index in [1.54, 1.807) is 30.1 Å². The van der Waals surface area contributed by atoms with Gasteiger partial charge in [-0.1, -0.05) is 0 Å². The molecule has 0 atom stereocenters. The molecule has 4 rings (SSSR count). The van der Waals surface area contributed by atoms with Gasteiger partial charge in [0.2, 0.25) is 5.88 Å². The minimum Gasteiger partial charge on any atom is -0.481 e. The Labute approximate surface area is 192 Å². The molecular formula is C23H30N6O4. The highest BCUT2D eigenvalue weighted by molar-refractivity contribution is 5.80. The predicted molar refractivity (Wildman–Crippen MR) is 126 cm³/mol. The Morgan fingerprint density at radius 2 is 2.00 bits per heavy atom. The molecule has 3 aromatic heterocycles. The summed E-state index contributed by atoms with van der Waals surface area (Å²) in [7, 11) is 1.57. The van der Waals surface area contributed by atoms with Gasteiger partial charge in [0.1, 0.15) is 5.52 Å². The van der Waals surface area contributed by atoms with Gasteiger partial charge in [0, 0.05) is 57.2 Å². The summed E-state index contributed by atoms with van der Waals surface area (Å²) in [4.78, 5) is 29.0. The van der Waals surface area contributed by atoms with Crippen LogP contribution in [0.15, 0.2) is 35.4 Å². The normalized spacial score (nSPS) is 14.5. The molecule has 3 aromatic rings. The molecule has 0 amide bonds. The van der Waals surface area contributed by atoms with Gasteiger partial charge in [0.25, 0.3) is 5.56 Å². The van der Waals surface area contributed by atoms with Gasteiger partial charge in [0.15, 0.2) is 5.82 Å². The van der Waals surface area contributed by atoms with E-state index in [0.717, 1.165) is 38.4 Å². The number of morpholine rings is 1. The number of rotatable bonds is 10. The lowest BCUT2D eigenvalue weighted by molar-refractivity contribution is 0.0398. The van der Waals surface area contributed by atoms with Crippen LogP contribution in [0.1, 0.15) is 6.92 Å². The molecule has 1 fully saturated rings. The minimum absolute atomic E-state index is 0.172. The highest BCUT2D eigenvalue weighted by Crippen LogP contribution is 2.22. The number of methoxy groups -OCH3 is 1. The molecule has 1 aliphatic rings. The first-order chi connectivity index (χ1) is 16.2. The third-order valence-electron chi connectivity index (χ3n) is 5.56. The van der Waals surface area contributed by atoms with Gasteiger partial charge >= 0.3 is 0 Å². The maximum Gasteiger partial charge on any atom is 0.293 e. The SMILES string of the molecule is CCOCCn1c(=O)c(NCCN2CCOCC2)nc2cnc(-c3ccc(OC)nc3)cc21. The van der Waals surface area contributed by atoms with Crippen LogP contribution in [0.25, 0.3) is 22.3 Å². The number of aromatic nitrogens is 4. The summed E-state index contributed by atoms with van der Waals surface area (Å²) in [5.41, 5.74) is 2.71. The Kier molecular flexibility index (Phi) is 7.82. The average Bonchev–Trinajstić information content (AvgIpc) is 2.86. The van der Waals surface area contributed by atoms with Crippen LogP contribution >= 0.6 is 0 Å². The van der Waals surface area contributed by atoms with Crippen molar-refractivity contribution in [3.8, 4) is 17.1 Å². The predicted octanol–water partition coefficient (Wildman–Crippen LogP) is 1.64. The first-order valence-corrected chi connectivity index (χ1v) is 11.2. The fourth-order valence-electron chi connectivity index (χ4n) is 3.75. The third kappa shape index (κ3) is 5.65. The highest BCUT2D eigenvalue weighted by atomic mass is 16.5. The van der Waals surface area contributed by atoms with Crippen molar-refractivity contribution in [3.05, 3.63) is 40.9 Å². The number of nitrogens with one attached hydrogen (secondary N) is 1. The average molecular weight is 455 g/mol. The van der Waals surface area contributed by atoms with E-state index in [1.165, 1.54) is 0 Å². The van der Waals surface area contributed by atoms with Crippen LogP contribution < -0.4 is 15.6 Å². The second-order valence-corrected chi connectivity index (χ2v) is 7.64. The summed E-state index contributed by atoms with van der Waals surface area (Å²) in [6.07, 6.45) is 3.39. The second kappa shape index (κ2) is 11.2. The van der Waals surface area contributed by atoms with Crippen LogP contribution in [0.2, 0.25) is 0 Å². The topological polar surface area (TPSA) is 104 Å². The summed E-state index contributed by atoms with van der Waals surface area (Å²) in [6.45, 7) is 8.13. The Morgan fingerprint density at radius 1 is 1.15 bits per heavy atom. The fourth-order valence-corrected chi connectivity index (χ4v) is 3.75. The van der Waals surface area contributed by atoms with Crippen molar-refractivity contribution in [2.75, 3.05) is 65.0 Å². The molecule has 0 saturated carbocycles. The zero-order valence-corrected chi connectivity index (χ0v) is 19.1. The lowest BCUT2D eigenvalue weighted by Gasteiger charge is -2.26. The van der Waals surface area contributed by atoms with Crippen molar-refractivity contribution >= 4 is 16.9 Å². The van der Waals surface area contributed by atoms with E-state index in [2.05, 4.69) is 25.2 Å². The summed E-state index contributed by atoms with van der Waals surface area (Å²) in [5, 5.41) is 3.22. The number of nitrogens with zero attached hydrogens (tertiary/aromatic N) is 5. The van der Waals surface area contributed by atoms with Crippen molar-refractivity contribution in [3.63, 3.8) is 0 Å². The molecule has 10 nitrogen and oxygen atoms in total. The molecule has 4 heterocycles. The molecule has 176 valence electrons. The standard InChI is InChI=1S/C23H30N6O4/c1-3-32-13-10-29-20-14-18(17-4-5-21(31-2)26-15-17)25-16-19(20)27-22(23(29)30)24-6-7-28-8-11-33-12-9-28/h4-5,14-16H,3,6-13H2,1-2H3,(H,24,27). The van der Waals surface area contributed by atoms with Gasteiger partial charge < -0.3 is 24.1 Å². The molecule has 1 N–H and O–H groups in total. The van der Waals surface area contributed by atoms with E-state index in [1.807, 2.05) is 19.1 Å². The first kappa shape index (κ1) is 23.1. The number of hydrogen-bond donors (Lipinski definition) is 1. The Balaban J connectivity index is 1.62.